The maximum Gasteiger partial charge on any atom is 0.286 e. The number of rotatable bonds is 3. The Balaban J connectivity index is 2.36. The molecule has 0 atom stereocenters. The first kappa shape index (κ1) is 12.2. The Kier molecular flexibility index (Phi) is 3.37. The molecule has 1 aromatic heterocycles. The molecule has 4 heteroatoms. The van der Waals surface area contributed by atoms with E-state index >= 15 is 0 Å². The number of benzene rings is 1. The lowest BCUT2D eigenvalue weighted by atomic mass is 10.0. The van der Waals surface area contributed by atoms with E-state index in [0.717, 1.165) is 5.56 Å². The first-order chi connectivity index (χ1) is 8.58. The van der Waals surface area contributed by atoms with Crippen molar-refractivity contribution < 1.29 is 4.79 Å². The van der Waals surface area contributed by atoms with Crippen molar-refractivity contribution in [2.24, 2.45) is 5.73 Å². The summed E-state index contributed by atoms with van der Waals surface area (Å²) in [5.41, 5.74) is 8.08. The molecule has 0 unspecified atom stereocenters. The van der Waals surface area contributed by atoms with Gasteiger partial charge in [0.1, 0.15) is 0 Å². The topological polar surface area (TPSA) is 68.9 Å². The fourth-order valence-electron chi connectivity index (χ4n) is 1.68. The van der Waals surface area contributed by atoms with Crippen LogP contribution in [0.1, 0.15) is 35.9 Å². The summed E-state index contributed by atoms with van der Waals surface area (Å²) in [5, 5.41) is 0. The van der Waals surface area contributed by atoms with Gasteiger partial charge in [-0.05, 0) is 17.5 Å². The third kappa shape index (κ3) is 2.53. The van der Waals surface area contributed by atoms with E-state index in [1.807, 2.05) is 12.1 Å². The fourth-order valence-corrected chi connectivity index (χ4v) is 1.68. The highest BCUT2D eigenvalue weighted by atomic mass is 16.1. The molecule has 4 nitrogen and oxygen atoms in total. The van der Waals surface area contributed by atoms with Crippen LogP contribution in [0.3, 0.4) is 0 Å². The third-order valence-corrected chi connectivity index (χ3v) is 2.75. The van der Waals surface area contributed by atoms with Crippen LogP contribution in [0.5, 0.6) is 0 Å². The molecule has 2 aromatic rings. The van der Waals surface area contributed by atoms with Crippen molar-refractivity contribution in [2.75, 3.05) is 0 Å². The zero-order chi connectivity index (χ0) is 13.1. The number of nitrogens with two attached hydrogens (primary N) is 1. The zero-order valence-electron chi connectivity index (χ0n) is 10.4. The number of nitrogens with zero attached hydrogens (tertiary/aromatic N) is 2. The molecule has 0 aliphatic carbocycles. The molecule has 2 rings (SSSR count). The fraction of sp³-hybridized carbons (Fsp3) is 0.214. The van der Waals surface area contributed by atoms with Crippen LogP contribution < -0.4 is 5.73 Å². The predicted octanol–water partition coefficient (Wildman–Crippen LogP) is 2.37. The van der Waals surface area contributed by atoms with E-state index < -0.39 is 5.91 Å². The lowest BCUT2D eigenvalue weighted by Gasteiger charge is -2.06. The van der Waals surface area contributed by atoms with Crippen LogP contribution in [-0.2, 0) is 0 Å². The van der Waals surface area contributed by atoms with Gasteiger partial charge in [-0.15, -0.1) is 0 Å². The summed E-state index contributed by atoms with van der Waals surface area (Å²) in [6, 6.07) is 9.86. The molecule has 18 heavy (non-hydrogen) atoms. The van der Waals surface area contributed by atoms with Gasteiger partial charge < -0.3 is 5.73 Å². The van der Waals surface area contributed by atoms with Gasteiger partial charge >= 0.3 is 0 Å². The Morgan fingerprint density at radius 2 is 1.83 bits per heavy atom. The standard InChI is InChI=1S/C14H15N3O/c1-9(2)10-3-5-11(6-4-10)12-7-8-16-14(17-12)13(15)18/h3-9H,1-2H3,(H2,15,18). The van der Waals surface area contributed by atoms with Gasteiger partial charge in [-0.3, -0.25) is 4.79 Å². The molecular weight excluding hydrogens is 226 g/mol. The molecule has 2 N–H and O–H groups in total. The van der Waals surface area contributed by atoms with E-state index in [0.29, 0.717) is 11.6 Å². The van der Waals surface area contributed by atoms with Gasteiger partial charge in [0, 0.05) is 11.8 Å². The van der Waals surface area contributed by atoms with Gasteiger partial charge in [0.05, 0.1) is 5.69 Å². The average Bonchev–Trinajstić information content (AvgIpc) is 2.39. The van der Waals surface area contributed by atoms with E-state index in [2.05, 4.69) is 35.9 Å². The molecule has 0 saturated carbocycles. The number of hydrogen-bond acceptors (Lipinski definition) is 3. The molecule has 0 bridgehead atoms. The Hall–Kier alpha value is -2.23. The Morgan fingerprint density at radius 1 is 1.17 bits per heavy atom. The molecule has 0 spiro atoms. The van der Waals surface area contributed by atoms with E-state index in [9.17, 15) is 4.79 Å². The zero-order valence-corrected chi connectivity index (χ0v) is 10.4. The summed E-state index contributed by atoms with van der Waals surface area (Å²) in [7, 11) is 0. The Morgan fingerprint density at radius 3 is 2.39 bits per heavy atom. The van der Waals surface area contributed by atoms with E-state index in [-0.39, 0.29) is 5.82 Å². The first-order valence-corrected chi connectivity index (χ1v) is 5.81. The largest absolute Gasteiger partial charge is 0.363 e. The maximum absolute atomic E-state index is 11.0. The molecule has 92 valence electrons. The molecule has 0 saturated heterocycles. The second-order valence-corrected chi connectivity index (χ2v) is 4.41. The number of aromatic nitrogens is 2. The normalized spacial score (nSPS) is 10.6. The lowest BCUT2D eigenvalue weighted by molar-refractivity contribution is 0.0990. The highest BCUT2D eigenvalue weighted by Gasteiger charge is 2.07. The van der Waals surface area contributed by atoms with Crippen molar-refractivity contribution in [1.82, 2.24) is 9.97 Å². The Bertz CT molecular complexity index is 562. The molecule has 0 fully saturated rings. The SMILES string of the molecule is CC(C)c1ccc(-c2ccnc(C(N)=O)n2)cc1. The van der Waals surface area contributed by atoms with Gasteiger partial charge in [0.2, 0.25) is 5.82 Å². The van der Waals surface area contributed by atoms with Crippen LogP contribution in [-0.4, -0.2) is 15.9 Å². The van der Waals surface area contributed by atoms with Crippen molar-refractivity contribution >= 4 is 5.91 Å². The van der Waals surface area contributed by atoms with Crippen LogP contribution in [0.15, 0.2) is 36.5 Å². The van der Waals surface area contributed by atoms with Crippen LogP contribution in [0, 0.1) is 0 Å². The highest BCUT2D eigenvalue weighted by Crippen LogP contribution is 2.20. The summed E-state index contributed by atoms with van der Waals surface area (Å²) >= 11 is 0. The summed E-state index contributed by atoms with van der Waals surface area (Å²) < 4.78 is 0. The monoisotopic (exact) mass is 241 g/mol. The average molecular weight is 241 g/mol. The summed E-state index contributed by atoms with van der Waals surface area (Å²) in [6.07, 6.45) is 1.54. The quantitative estimate of drug-likeness (QED) is 0.896. The Labute approximate surface area is 106 Å². The minimum atomic E-state index is -0.615. The van der Waals surface area contributed by atoms with Crippen LogP contribution in [0.2, 0.25) is 0 Å². The molecular formula is C14H15N3O. The van der Waals surface area contributed by atoms with Gasteiger partial charge in [-0.2, -0.15) is 0 Å². The highest BCUT2D eigenvalue weighted by molar-refractivity contribution is 5.89. The van der Waals surface area contributed by atoms with Gasteiger partial charge in [-0.1, -0.05) is 38.1 Å². The van der Waals surface area contributed by atoms with Gasteiger partial charge in [-0.25, -0.2) is 9.97 Å². The minimum absolute atomic E-state index is 0.0421. The molecule has 0 aliphatic heterocycles. The van der Waals surface area contributed by atoms with E-state index in [1.165, 1.54) is 5.56 Å². The third-order valence-electron chi connectivity index (χ3n) is 2.75. The van der Waals surface area contributed by atoms with Crippen LogP contribution in [0.25, 0.3) is 11.3 Å². The van der Waals surface area contributed by atoms with Crippen molar-refractivity contribution in [3.05, 3.63) is 47.9 Å². The van der Waals surface area contributed by atoms with E-state index in [4.69, 9.17) is 5.73 Å². The van der Waals surface area contributed by atoms with Gasteiger partial charge in [0.25, 0.3) is 5.91 Å². The number of carbonyl (C=O) groups is 1. The first-order valence-electron chi connectivity index (χ1n) is 5.81. The lowest BCUT2D eigenvalue weighted by Crippen LogP contribution is -2.15. The smallest absolute Gasteiger partial charge is 0.286 e. The minimum Gasteiger partial charge on any atom is -0.363 e. The summed E-state index contributed by atoms with van der Waals surface area (Å²) in [5.74, 6) is -0.0817. The van der Waals surface area contributed by atoms with Crippen molar-refractivity contribution in [3.8, 4) is 11.3 Å². The molecule has 1 amide bonds. The molecule has 0 aliphatic rings. The predicted molar refractivity (Wildman–Crippen MR) is 70.1 cm³/mol. The number of amides is 1. The second kappa shape index (κ2) is 4.96. The van der Waals surface area contributed by atoms with Crippen LogP contribution in [0.4, 0.5) is 0 Å². The van der Waals surface area contributed by atoms with E-state index in [1.54, 1.807) is 12.3 Å². The number of primary amides is 1. The summed E-state index contributed by atoms with van der Waals surface area (Å²) in [4.78, 5) is 19.0. The molecule has 1 aromatic carbocycles. The summed E-state index contributed by atoms with van der Waals surface area (Å²) in [6.45, 7) is 4.29. The molecule has 0 radical (unpaired) electrons. The van der Waals surface area contributed by atoms with Crippen LogP contribution >= 0.6 is 0 Å². The second-order valence-electron chi connectivity index (χ2n) is 4.41. The maximum atomic E-state index is 11.0. The van der Waals surface area contributed by atoms with Crippen molar-refractivity contribution in [3.63, 3.8) is 0 Å². The number of hydrogen-bond donors (Lipinski definition) is 1. The van der Waals surface area contributed by atoms with Crippen molar-refractivity contribution in [2.45, 2.75) is 19.8 Å². The van der Waals surface area contributed by atoms with Crippen molar-refractivity contribution in [1.29, 1.82) is 0 Å². The number of carbonyl (C=O) groups excluding carboxylic acids is 1. The molecule has 1 heterocycles. The van der Waals surface area contributed by atoms with Gasteiger partial charge in [0.15, 0.2) is 0 Å².